The van der Waals surface area contributed by atoms with E-state index < -0.39 is 0 Å². The van der Waals surface area contributed by atoms with Crippen molar-refractivity contribution >= 4 is 11.6 Å². The van der Waals surface area contributed by atoms with Gasteiger partial charge in [-0.25, -0.2) is 4.39 Å². The SMILES string of the molecule is CN1c2ccc(F)cc2OCC1CC(=O)NCCN1CCCCCC1. The van der Waals surface area contributed by atoms with Gasteiger partial charge in [0, 0.05) is 26.2 Å². The predicted molar refractivity (Wildman–Crippen MR) is 96.6 cm³/mol. The second kappa shape index (κ2) is 8.52. The van der Waals surface area contributed by atoms with Crippen LogP contribution in [0.4, 0.5) is 10.1 Å². The van der Waals surface area contributed by atoms with Gasteiger partial charge < -0.3 is 19.9 Å². The maximum atomic E-state index is 13.3. The molecular weight excluding hydrogens is 321 g/mol. The number of likely N-dealkylation sites (tertiary alicyclic amines) is 1. The molecule has 2 heterocycles. The first-order valence-corrected chi connectivity index (χ1v) is 9.28. The molecule has 1 unspecified atom stereocenters. The van der Waals surface area contributed by atoms with Crippen LogP contribution >= 0.6 is 0 Å². The highest BCUT2D eigenvalue weighted by atomic mass is 19.1. The minimum absolute atomic E-state index is 0.0313. The van der Waals surface area contributed by atoms with Crippen LogP contribution in [0.3, 0.4) is 0 Å². The fourth-order valence-electron chi connectivity index (χ4n) is 3.58. The fraction of sp³-hybridized carbons (Fsp3) is 0.632. The number of amides is 1. The summed E-state index contributed by atoms with van der Waals surface area (Å²) < 4.78 is 18.9. The van der Waals surface area contributed by atoms with Crippen LogP contribution in [0, 0.1) is 5.82 Å². The number of carbonyl (C=O) groups is 1. The molecule has 1 amide bonds. The van der Waals surface area contributed by atoms with E-state index in [1.807, 2.05) is 11.9 Å². The topological polar surface area (TPSA) is 44.8 Å². The Balaban J connectivity index is 1.44. The van der Waals surface area contributed by atoms with Gasteiger partial charge in [-0.15, -0.1) is 0 Å². The van der Waals surface area contributed by atoms with E-state index in [-0.39, 0.29) is 17.8 Å². The average molecular weight is 349 g/mol. The van der Waals surface area contributed by atoms with Gasteiger partial charge in [-0.05, 0) is 38.1 Å². The van der Waals surface area contributed by atoms with Gasteiger partial charge >= 0.3 is 0 Å². The summed E-state index contributed by atoms with van der Waals surface area (Å²) in [6.45, 7) is 4.29. The van der Waals surface area contributed by atoms with Crippen molar-refractivity contribution in [3.05, 3.63) is 24.0 Å². The monoisotopic (exact) mass is 349 g/mol. The molecule has 25 heavy (non-hydrogen) atoms. The molecule has 0 spiro atoms. The lowest BCUT2D eigenvalue weighted by Crippen LogP contribution is -2.44. The summed E-state index contributed by atoms with van der Waals surface area (Å²) in [5.74, 6) is 0.276. The second-order valence-corrected chi connectivity index (χ2v) is 7.00. The lowest BCUT2D eigenvalue weighted by Gasteiger charge is -2.35. The lowest BCUT2D eigenvalue weighted by atomic mass is 10.1. The van der Waals surface area contributed by atoms with E-state index in [0.29, 0.717) is 25.3 Å². The van der Waals surface area contributed by atoms with Crippen LogP contribution in [0.1, 0.15) is 32.1 Å². The number of anilines is 1. The molecule has 2 aliphatic rings. The third-order valence-corrected chi connectivity index (χ3v) is 5.15. The number of carbonyl (C=O) groups excluding carboxylic acids is 1. The molecule has 2 aliphatic heterocycles. The van der Waals surface area contributed by atoms with Gasteiger partial charge in [0.1, 0.15) is 18.2 Å². The summed E-state index contributed by atoms with van der Waals surface area (Å²) in [5.41, 5.74) is 0.829. The Labute approximate surface area is 149 Å². The molecule has 0 aliphatic carbocycles. The highest BCUT2D eigenvalue weighted by Crippen LogP contribution is 2.34. The molecule has 1 atom stereocenters. The molecule has 3 rings (SSSR count). The summed E-state index contributed by atoms with van der Waals surface area (Å²) in [4.78, 5) is 16.7. The van der Waals surface area contributed by atoms with Crippen LogP contribution in [0.5, 0.6) is 5.75 Å². The fourth-order valence-corrected chi connectivity index (χ4v) is 3.58. The van der Waals surface area contributed by atoms with Crippen molar-refractivity contribution in [2.45, 2.75) is 38.1 Å². The van der Waals surface area contributed by atoms with E-state index in [9.17, 15) is 9.18 Å². The van der Waals surface area contributed by atoms with E-state index in [1.165, 1.54) is 37.8 Å². The number of likely N-dealkylation sites (N-methyl/N-ethyl adjacent to an activating group) is 1. The molecule has 1 aromatic carbocycles. The predicted octanol–water partition coefficient (Wildman–Crippen LogP) is 2.41. The van der Waals surface area contributed by atoms with Crippen molar-refractivity contribution < 1.29 is 13.9 Å². The zero-order chi connectivity index (χ0) is 17.6. The van der Waals surface area contributed by atoms with Crippen molar-refractivity contribution in [1.29, 1.82) is 0 Å². The van der Waals surface area contributed by atoms with Crippen LogP contribution < -0.4 is 15.0 Å². The Morgan fingerprint density at radius 2 is 2.04 bits per heavy atom. The largest absolute Gasteiger partial charge is 0.489 e. The summed E-state index contributed by atoms with van der Waals surface area (Å²) in [6, 6.07) is 4.48. The van der Waals surface area contributed by atoms with Crippen LogP contribution in [-0.4, -0.2) is 56.7 Å². The summed E-state index contributed by atoms with van der Waals surface area (Å²) in [6.07, 6.45) is 5.55. The highest BCUT2D eigenvalue weighted by Gasteiger charge is 2.27. The van der Waals surface area contributed by atoms with Crippen LogP contribution in [0.15, 0.2) is 18.2 Å². The molecule has 1 N–H and O–H groups in total. The average Bonchev–Trinajstić information content (AvgIpc) is 2.86. The van der Waals surface area contributed by atoms with E-state index in [2.05, 4.69) is 10.2 Å². The van der Waals surface area contributed by atoms with Crippen molar-refractivity contribution in [2.75, 3.05) is 44.7 Å². The molecular formula is C19H28FN3O2. The Bertz CT molecular complexity index is 588. The molecule has 5 nitrogen and oxygen atoms in total. The third kappa shape index (κ3) is 4.84. The molecule has 6 heteroatoms. The van der Waals surface area contributed by atoms with Gasteiger partial charge in [0.25, 0.3) is 0 Å². The molecule has 0 aromatic heterocycles. The van der Waals surface area contributed by atoms with Gasteiger partial charge in [-0.3, -0.25) is 4.79 Å². The highest BCUT2D eigenvalue weighted by molar-refractivity contribution is 5.77. The number of nitrogens with zero attached hydrogens (tertiary/aromatic N) is 2. The van der Waals surface area contributed by atoms with Crippen molar-refractivity contribution in [2.24, 2.45) is 0 Å². The van der Waals surface area contributed by atoms with Crippen molar-refractivity contribution in [3.8, 4) is 5.75 Å². The van der Waals surface area contributed by atoms with Crippen LogP contribution in [0.25, 0.3) is 0 Å². The smallest absolute Gasteiger partial charge is 0.222 e. The normalized spacial score (nSPS) is 21.2. The number of rotatable bonds is 5. The number of halogens is 1. The zero-order valence-corrected chi connectivity index (χ0v) is 15.0. The van der Waals surface area contributed by atoms with E-state index in [4.69, 9.17) is 4.74 Å². The third-order valence-electron chi connectivity index (χ3n) is 5.15. The standard InChI is InChI=1S/C19H28FN3O2/c1-22-16(14-25-18-12-15(20)6-7-17(18)22)13-19(24)21-8-11-23-9-4-2-3-5-10-23/h6-7,12,16H,2-5,8-11,13-14H2,1H3,(H,21,24). The van der Waals surface area contributed by atoms with Gasteiger partial charge in [0.2, 0.25) is 5.91 Å². The molecule has 1 saturated heterocycles. The van der Waals surface area contributed by atoms with Gasteiger partial charge in [-0.2, -0.15) is 0 Å². The Morgan fingerprint density at radius 1 is 1.28 bits per heavy atom. The van der Waals surface area contributed by atoms with Gasteiger partial charge in [0.15, 0.2) is 0 Å². The first-order chi connectivity index (χ1) is 12.1. The van der Waals surface area contributed by atoms with E-state index in [1.54, 1.807) is 6.07 Å². The first kappa shape index (κ1) is 18.0. The number of benzene rings is 1. The number of ether oxygens (including phenoxy) is 1. The maximum absolute atomic E-state index is 13.3. The van der Waals surface area contributed by atoms with E-state index >= 15 is 0 Å². The minimum Gasteiger partial charge on any atom is -0.489 e. The van der Waals surface area contributed by atoms with Crippen molar-refractivity contribution in [1.82, 2.24) is 10.2 Å². The molecule has 1 aromatic rings. The maximum Gasteiger partial charge on any atom is 0.222 e. The summed E-state index contributed by atoms with van der Waals surface area (Å²) in [5, 5.41) is 3.03. The first-order valence-electron chi connectivity index (χ1n) is 9.28. The Hall–Kier alpha value is -1.82. The molecule has 0 radical (unpaired) electrons. The summed E-state index contributed by atoms with van der Waals surface area (Å²) >= 11 is 0. The van der Waals surface area contributed by atoms with E-state index in [0.717, 1.165) is 25.3 Å². The molecule has 138 valence electrons. The zero-order valence-electron chi connectivity index (χ0n) is 15.0. The van der Waals surface area contributed by atoms with Gasteiger partial charge in [0.05, 0.1) is 18.2 Å². The van der Waals surface area contributed by atoms with Crippen LogP contribution in [0.2, 0.25) is 0 Å². The number of fused-ring (bicyclic) bond motifs is 1. The Kier molecular flexibility index (Phi) is 6.13. The van der Waals surface area contributed by atoms with Gasteiger partial charge in [-0.1, -0.05) is 12.8 Å². The number of hydrogen-bond acceptors (Lipinski definition) is 4. The number of nitrogens with one attached hydrogen (secondary N) is 1. The quantitative estimate of drug-likeness (QED) is 0.887. The molecule has 0 bridgehead atoms. The lowest BCUT2D eigenvalue weighted by molar-refractivity contribution is -0.121. The van der Waals surface area contributed by atoms with Crippen molar-refractivity contribution in [3.63, 3.8) is 0 Å². The summed E-state index contributed by atoms with van der Waals surface area (Å²) in [7, 11) is 1.93. The van der Waals surface area contributed by atoms with Crippen LogP contribution in [-0.2, 0) is 4.79 Å². The second-order valence-electron chi connectivity index (χ2n) is 7.00. The molecule has 0 saturated carbocycles. The minimum atomic E-state index is -0.308. The Morgan fingerprint density at radius 3 is 2.80 bits per heavy atom. The molecule has 1 fully saturated rings. The number of hydrogen-bond donors (Lipinski definition) is 1.